The van der Waals surface area contributed by atoms with Gasteiger partial charge in [0.05, 0.1) is 29.2 Å². The van der Waals surface area contributed by atoms with Crippen molar-refractivity contribution in [2.24, 2.45) is 5.73 Å². The molecule has 5 aromatic rings. The quantitative estimate of drug-likeness (QED) is 0.382. The summed E-state index contributed by atoms with van der Waals surface area (Å²) in [4.78, 5) is 30.2. The summed E-state index contributed by atoms with van der Waals surface area (Å²) < 4.78 is 10.4. The summed E-state index contributed by atoms with van der Waals surface area (Å²) in [6, 6.07) is 19.0. The molecule has 0 spiro atoms. The second-order valence-electron chi connectivity index (χ2n) is 7.49. The Kier molecular flexibility index (Phi) is 4.98. The highest BCUT2D eigenvalue weighted by Gasteiger charge is 2.12. The van der Waals surface area contributed by atoms with Crippen LogP contribution in [0.25, 0.3) is 32.9 Å². The minimum absolute atomic E-state index is 0.0389. The summed E-state index contributed by atoms with van der Waals surface area (Å²) in [5, 5.41) is 8.28. The number of methoxy groups -OCH3 is 1. The summed E-state index contributed by atoms with van der Waals surface area (Å²) >= 11 is 0. The number of H-pyrrole nitrogens is 2. The van der Waals surface area contributed by atoms with Crippen molar-refractivity contribution in [1.29, 1.82) is 0 Å². The number of benzene rings is 3. The van der Waals surface area contributed by atoms with Gasteiger partial charge in [-0.1, -0.05) is 30.3 Å². The van der Waals surface area contributed by atoms with E-state index < -0.39 is 6.09 Å². The van der Waals surface area contributed by atoms with E-state index in [1.807, 2.05) is 54.6 Å². The van der Waals surface area contributed by atoms with Crippen LogP contribution in [-0.2, 0) is 6.42 Å². The van der Waals surface area contributed by atoms with Crippen molar-refractivity contribution in [2.45, 2.75) is 6.42 Å². The number of carbonyl (C=O) groups excluding carboxylic acids is 1. The van der Waals surface area contributed by atoms with Gasteiger partial charge >= 0.3 is 12.1 Å². The first-order chi connectivity index (χ1) is 16.0. The normalized spacial score (nSPS) is 11.1. The minimum Gasteiger partial charge on any atom is -0.497 e. The Bertz CT molecular complexity index is 1570. The fourth-order valence-corrected chi connectivity index (χ4v) is 3.86. The van der Waals surface area contributed by atoms with Crippen LogP contribution in [0.2, 0.25) is 0 Å². The van der Waals surface area contributed by atoms with E-state index in [1.165, 1.54) is 0 Å². The van der Waals surface area contributed by atoms with Gasteiger partial charge < -0.3 is 20.2 Å². The van der Waals surface area contributed by atoms with E-state index in [1.54, 1.807) is 13.2 Å². The van der Waals surface area contributed by atoms with Gasteiger partial charge in [-0.15, -0.1) is 0 Å². The molecule has 0 aliphatic rings. The summed E-state index contributed by atoms with van der Waals surface area (Å²) in [5.74, 6) is 0.693. The smallest absolute Gasteiger partial charge is 0.412 e. The maximum atomic E-state index is 12.1. The predicted molar refractivity (Wildman–Crippen MR) is 123 cm³/mol. The number of aromatic amines is 2. The fraction of sp³-hybridized carbons (Fsp3) is 0.0833. The van der Waals surface area contributed by atoms with E-state index in [0.717, 1.165) is 27.8 Å². The molecule has 1 amide bonds. The number of hydrogen-bond donors (Lipinski definition) is 3. The van der Waals surface area contributed by atoms with Gasteiger partial charge in [-0.2, -0.15) is 10.1 Å². The topological polar surface area (TPSA) is 136 Å². The number of ether oxygens (including phenoxy) is 2. The van der Waals surface area contributed by atoms with E-state index >= 15 is 0 Å². The minimum atomic E-state index is -0.935. The number of amides is 1. The zero-order chi connectivity index (χ0) is 22.9. The Hall–Kier alpha value is -4.66. The van der Waals surface area contributed by atoms with Crippen LogP contribution >= 0.6 is 0 Å². The first kappa shape index (κ1) is 20.3. The van der Waals surface area contributed by atoms with Gasteiger partial charge in [-0.25, -0.2) is 9.89 Å². The molecule has 0 fully saturated rings. The molecule has 0 atom stereocenters. The molecule has 9 nitrogen and oxygen atoms in total. The Balaban J connectivity index is 1.55. The van der Waals surface area contributed by atoms with Crippen molar-refractivity contribution >= 4 is 27.9 Å². The van der Waals surface area contributed by atoms with Crippen molar-refractivity contribution in [2.75, 3.05) is 7.11 Å². The van der Waals surface area contributed by atoms with Gasteiger partial charge in [0, 0.05) is 11.8 Å². The van der Waals surface area contributed by atoms with Crippen LogP contribution in [0.15, 0.2) is 65.5 Å². The van der Waals surface area contributed by atoms with E-state index in [-0.39, 0.29) is 11.6 Å². The monoisotopic (exact) mass is 441 g/mol. The molecule has 9 heteroatoms. The lowest BCUT2D eigenvalue weighted by Gasteiger charge is -2.11. The summed E-state index contributed by atoms with van der Waals surface area (Å²) in [6.07, 6.45) is -0.431. The van der Waals surface area contributed by atoms with E-state index in [9.17, 15) is 9.59 Å². The molecule has 0 unspecified atom stereocenters. The number of nitrogens with zero attached hydrogens (tertiary/aromatic N) is 2. The summed E-state index contributed by atoms with van der Waals surface area (Å²) in [5.41, 5.74) is 9.75. The number of nitrogens with one attached hydrogen (secondary N) is 2. The highest BCUT2D eigenvalue weighted by Crippen LogP contribution is 2.30. The van der Waals surface area contributed by atoms with Crippen LogP contribution < -0.4 is 20.8 Å². The lowest BCUT2D eigenvalue weighted by atomic mass is 9.98. The third-order valence-electron chi connectivity index (χ3n) is 5.34. The lowest BCUT2D eigenvalue weighted by Crippen LogP contribution is -2.16. The van der Waals surface area contributed by atoms with E-state index in [0.29, 0.717) is 28.6 Å². The molecule has 2 heterocycles. The molecule has 164 valence electrons. The third kappa shape index (κ3) is 3.99. The number of hydrogen-bond acceptors (Lipinski definition) is 6. The SMILES string of the molecule is COc1cc(Cc2n[nH]c(=O)c3ccccc23)cc(-c2ccc3nc(OC(N)=O)[nH]c3c2)c1. The van der Waals surface area contributed by atoms with Crippen molar-refractivity contribution < 1.29 is 14.3 Å². The zero-order valence-electron chi connectivity index (χ0n) is 17.6. The fourth-order valence-electron chi connectivity index (χ4n) is 3.86. The first-order valence-corrected chi connectivity index (χ1v) is 10.1. The molecular weight excluding hydrogens is 422 g/mol. The molecule has 4 N–H and O–H groups in total. The molecule has 0 saturated carbocycles. The van der Waals surface area contributed by atoms with Gasteiger partial charge in [-0.3, -0.25) is 4.79 Å². The molecule has 0 radical (unpaired) electrons. The predicted octanol–water partition coefficient (Wildman–Crippen LogP) is 3.52. The Morgan fingerprint density at radius 3 is 2.64 bits per heavy atom. The van der Waals surface area contributed by atoms with Gasteiger partial charge in [0.15, 0.2) is 0 Å². The Labute approximate surface area is 187 Å². The second-order valence-corrected chi connectivity index (χ2v) is 7.49. The molecule has 0 aliphatic carbocycles. The number of aromatic nitrogens is 4. The molecule has 33 heavy (non-hydrogen) atoms. The molecule has 0 saturated heterocycles. The third-order valence-corrected chi connectivity index (χ3v) is 5.34. The molecule has 3 aromatic carbocycles. The van der Waals surface area contributed by atoms with Crippen LogP contribution in [0.4, 0.5) is 4.79 Å². The Morgan fingerprint density at radius 1 is 1.03 bits per heavy atom. The Morgan fingerprint density at radius 2 is 1.85 bits per heavy atom. The van der Waals surface area contributed by atoms with Crippen molar-refractivity contribution in [1.82, 2.24) is 20.2 Å². The maximum Gasteiger partial charge on any atom is 0.412 e. The van der Waals surface area contributed by atoms with Crippen molar-refractivity contribution in [3.8, 4) is 22.9 Å². The van der Waals surface area contributed by atoms with Crippen molar-refractivity contribution in [3.05, 3.63) is 82.3 Å². The number of carbonyl (C=O) groups is 1. The van der Waals surface area contributed by atoms with Gasteiger partial charge in [0.2, 0.25) is 0 Å². The van der Waals surface area contributed by atoms with Gasteiger partial charge in [0.1, 0.15) is 5.75 Å². The van der Waals surface area contributed by atoms with Crippen molar-refractivity contribution in [3.63, 3.8) is 0 Å². The number of fused-ring (bicyclic) bond motifs is 2. The number of imidazole rings is 1. The number of rotatable bonds is 5. The highest BCUT2D eigenvalue weighted by molar-refractivity contribution is 5.85. The standard InChI is InChI=1S/C24H19N5O4/c1-32-16-9-13(10-20-17-4-2-3-5-18(17)22(30)29-28-20)8-15(11-16)14-6-7-19-21(12-14)27-24(26-19)33-23(25)31/h2-9,11-12H,10H2,1H3,(H2,25,31)(H,26,27)(H,29,30). The first-order valence-electron chi connectivity index (χ1n) is 10.1. The van der Waals surface area contributed by atoms with E-state index in [2.05, 4.69) is 20.2 Å². The van der Waals surface area contributed by atoms with Crippen LogP contribution in [0, 0.1) is 0 Å². The van der Waals surface area contributed by atoms with Crippen LogP contribution in [0.1, 0.15) is 11.3 Å². The highest BCUT2D eigenvalue weighted by atomic mass is 16.6. The summed E-state index contributed by atoms with van der Waals surface area (Å²) in [7, 11) is 1.61. The molecule has 2 aromatic heterocycles. The van der Waals surface area contributed by atoms with Gasteiger partial charge in [-0.05, 0) is 47.0 Å². The maximum absolute atomic E-state index is 12.1. The number of primary amides is 1. The van der Waals surface area contributed by atoms with E-state index in [4.69, 9.17) is 15.2 Å². The molecule has 5 rings (SSSR count). The summed E-state index contributed by atoms with van der Waals surface area (Å²) in [6.45, 7) is 0. The van der Waals surface area contributed by atoms with Gasteiger partial charge in [0.25, 0.3) is 5.56 Å². The van der Waals surface area contributed by atoms with Crippen LogP contribution in [0.3, 0.4) is 0 Å². The molecular formula is C24H19N5O4. The lowest BCUT2D eigenvalue weighted by molar-refractivity contribution is 0.207. The van der Waals surface area contributed by atoms with Crippen LogP contribution in [-0.4, -0.2) is 33.4 Å². The number of nitrogens with two attached hydrogens (primary N) is 1. The molecule has 0 aliphatic heterocycles. The largest absolute Gasteiger partial charge is 0.497 e. The zero-order valence-corrected chi connectivity index (χ0v) is 17.6. The average Bonchev–Trinajstić information content (AvgIpc) is 3.21. The second kappa shape index (κ2) is 8.12. The molecule has 0 bridgehead atoms. The average molecular weight is 441 g/mol. The van der Waals surface area contributed by atoms with Crippen LogP contribution in [0.5, 0.6) is 11.8 Å².